The van der Waals surface area contributed by atoms with Crippen LogP contribution >= 0.6 is 0 Å². The van der Waals surface area contributed by atoms with Crippen molar-refractivity contribution in [1.82, 2.24) is 10.0 Å². The van der Waals surface area contributed by atoms with E-state index in [1.165, 1.54) is 0 Å². The number of hydrogen-bond acceptors (Lipinski definition) is 3. The van der Waals surface area contributed by atoms with Gasteiger partial charge in [0.1, 0.15) is 0 Å². The van der Waals surface area contributed by atoms with Crippen molar-refractivity contribution >= 4 is 10.0 Å². The molecule has 120 valence electrons. The Bertz CT molecular complexity index is 528. The molecule has 0 bridgehead atoms. The maximum absolute atomic E-state index is 12.0. The summed E-state index contributed by atoms with van der Waals surface area (Å²) in [6.45, 7) is 11.5. The maximum atomic E-state index is 12.0. The Morgan fingerprint density at radius 3 is 2.05 bits per heavy atom. The quantitative estimate of drug-likeness (QED) is 0.814. The summed E-state index contributed by atoms with van der Waals surface area (Å²) in [4.78, 5) is 0. The van der Waals surface area contributed by atoms with E-state index in [-0.39, 0.29) is 11.2 Å². The molecule has 0 aromatic heterocycles. The van der Waals surface area contributed by atoms with E-state index in [0.29, 0.717) is 12.6 Å². The SMILES string of the molecule is CC(C)NCc1ccc(CS(=O)(=O)NCC(C)(C)C)cc1. The molecule has 0 amide bonds. The first-order valence-corrected chi connectivity index (χ1v) is 9.01. The number of benzene rings is 1. The van der Waals surface area contributed by atoms with Gasteiger partial charge in [0.05, 0.1) is 5.75 Å². The van der Waals surface area contributed by atoms with Crippen molar-refractivity contribution in [3.8, 4) is 0 Å². The van der Waals surface area contributed by atoms with E-state index in [4.69, 9.17) is 0 Å². The largest absolute Gasteiger partial charge is 0.310 e. The average Bonchev–Trinajstić information content (AvgIpc) is 2.35. The summed E-state index contributed by atoms with van der Waals surface area (Å²) in [6.07, 6.45) is 0. The van der Waals surface area contributed by atoms with Crippen LogP contribution < -0.4 is 10.0 Å². The molecule has 1 aromatic rings. The van der Waals surface area contributed by atoms with Gasteiger partial charge in [-0.05, 0) is 16.5 Å². The van der Waals surface area contributed by atoms with E-state index in [1.54, 1.807) is 0 Å². The summed E-state index contributed by atoms with van der Waals surface area (Å²) in [7, 11) is -3.27. The molecule has 0 aliphatic heterocycles. The normalized spacial score (nSPS) is 12.9. The van der Waals surface area contributed by atoms with Crippen LogP contribution in [-0.4, -0.2) is 21.0 Å². The Kier molecular flexibility index (Phi) is 6.38. The van der Waals surface area contributed by atoms with Crippen LogP contribution in [0.5, 0.6) is 0 Å². The number of rotatable bonds is 7. The molecule has 0 unspecified atom stereocenters. The molecule has 0 heterocycles. The summed E-state index contributed by atoms with van der Waals surface area (Å²) in [5.74, 6) is 0.0287. The molecule has 21 heavy (non-hydrogen) atoms. The summed E-state index contributed by atoms with van der Waals surface area (Å²) in [5.41, 5.74) is 1.91. The minimum atomic E-state index is -3.27. The van der Waals surface area contributed by atoms with Gasteiger partial charge >= 0.3 is 0 Å². The summed E-state index contributed by atoms with van der Waals surface area (Å²) >= 11 is 0. The van der Waals surface area contributed by atoms with Crippen molar-refractivity contribution in [2.45, 2.75) is 53.0 Å². The molecule has 1 rings (SSSR count). The fraction of sp³-hybridized carbons (Fsp3) is 0.625. The highest BCUT2D eigenvalue weighted by atomic mass is 32.2. The van der Waals surface area contributed by atoms with Gasteiger partial charge in [0.15, 0.2) is 0 Å². The van der Waals surface area contributed by atoms with Crippen molar-refractivity contribution in [3.05, 3.63) is 35.4 Å². The number of hydrogen-bond donors (Lipinski definition) is 2. The van der Waals surface area contributed by atoms with E-state index >= 15 is 0 Å². The van der Waals surface area contributed by atoms with Crippen molar-refractivity contribution in [1.29, 1.82) is 0 Å². The van der Waals surface area contributed by atoms with Crippen molar-refractivity contribution < 1.29 is 8.42 Å². The molecule has 0 spiro atoms. The molecular weight excluding hydrogens is 284 g/mol. The zero-order valence-corrected chi connectivity index (χ0v) is 14.5. The molecule has 1 aromatic carbocycles. The van der Waals surface area contributed by atoms with E-state index in [1.807, 2.05) is 45.0 Å². The molecule has 2 N–H and O–H groups in total. The van der Waals surface area contributed by atoms with Crippen LogP contribution in [0.1, 0.15) is 45.7 Å². The third-order valence-corrected chi connectivity index (χ3v) is 4.21. The molecule has 5 heteroatoms. The maximum Gasteiger partial charge on any atom is 0.215 e. The van der Waals surface area contributed by atoms with Gasteiger partial charge in [0.2, 0.25) is 10.0 Å². The molecule has 0 atom stereocenters. The topological polar surface area (TPSA) is 58.2 Å². The van der Waals surface area contributed by atoms with Gasteiger partial charge in [-0.25, -0.2) is 13.1 Å². The van der Waals surface area contributed by atoms with Crippen LogP contribution in [0.25, 0.3) is 0 Å². The highest BCUT2D eigenvalue weighted by Crippen LogP contribution is 2.13. The molecule has 0 radical (unpaired) electrons. The Labute approximate surface area is 129 Å². The second-order valence-corrected chi connectivity index (χ2v) is 8.80. The second-order valence-electron chi connectivity index (χ2n) is 6.99. The first kappa shape index (κ1) is 18.1. The summed E-state index contributed by atoms with van der Waals surface area (Å²) in [6, 6.07) is 8.15. The lowest BCUT2D eigenvalue weighted by Crippen LogP contribution is -2.33. The average molecular weight is 312 g/mol. The zero-order chi connectivity index (χ0) is 16.1. The van der Waals surface area contributed by atoms with Crippen molar-refractivity contribution in [2.75, 3.05) is 6.54 Å². The van der Waals surface area contributed by atoms with E-state index in [9.17, 15) is 8.42 Å². The van der Waals surface area contributed by atoms with Crippen LogP contribution in [0, 0.1) is 5.41 Å². The predicted octanol–water partition coefficient (Wildman–Crippen LogP) is 2.65. The van der Waals surface area contributed by atoms with Gasteiger partial charge in [0.25, 0.3) is 0 Å². The van der Waals surface area contributed by atoms with E-state index < -0.39 is 10.0 Å². The Hall–Kier alpha value is -0.910. The Morgan fingerprint density at radius 2 is 1.57 bits per heavy atom. The summed E-state index contributed by atoms with van der Waals surface area (Å²) < 4.78 is 26.7. The molecule has 0 saturated heterocycles. The van der Waals surface area contributed by atoms with Gasteiger partial charge < -0.3 is 5.32 Å². The molecule has 4 nitrogen and oxygen atoms in total. The van der Waals surface area contributed by atoms with Crippen LogP contribution in [0.2, 0.25) is 0 Å². The smallest absolute Gasteiger partial charge is 0.215 e. The fourth-order valence-corrected chi connectivity index (χ4v) is 3.06. The van der Waals surface area contributed by atoms with Crippen molar-refractivity contribution in [3.63, 3.8) is 0 Å². The monoisotopic (exact) mass is 312 g/mol. The van der Waals surface area contributed by atoms with Gasteiger partial charge in [0, 0.05) is 19.1 Å². The first-order valence-electron chi connectivity index (χ1n) is 7.36. The predicted molar refractivity (Wildman–Crippen MR) is 88.5 cm³/mol. The Balaban J connectivity index is 2.58. The number of nitrogens with one attached hydrogen (secondary N) is 2. The lowest BCUT2D eigenvalue weighted by atomic mass is 9.98. The minimum Gasteiger partial charge on any atom is -0.310 e. The molecule has 0 fully saturated rings. The van der Waals surface area contributed by atoms with Crippen LogP contribution in [0.4, 0.5) is 0 Å². The minimum absolute atomic E-state index is 0.0287. The molecule has 0 saturated carbocycles. The lowest BCUT2D eigenvalue weighted by molar-refractivity contribution is 0.407. The third-order valence-electron chi connectivity index (χ3n) is 2.92. The second kappa shape index (κ2) is 7.38. The molecule has 0 aliphatic carbocycles. The van der Waals surface area contributed by atoms with Gasteiger partial charge in [-0.1, -0.05) is 58.9 Å². The zero-order valence-electron chi connectivity index (χ0n) is 13.7. The third kappa shape index (κ3) is 8.19. The van der Waals surface area contributed by atoms with Crippen LogP contribution in [0.3, 0.4) is 0 Å². The van der Waals surface area contributed by atoms with Gasteiger partial charge in [-0.15, -0.1) is 0 Å². The molecule has 0 aliphatic rings. The van der Waals surface area contributed by atoms with E-state index in [0.717, 1.165) is 17.7 Å². The fourth-order valence-electron chi connectivity index (χ4n) is 1.67. The highest BCUT2D eigenvalue weighted by molar-refractivity contribution is 7.88. The van der Waals surface area contributed by atoms with Crippen LogP contribution in [0.15, 0.2) is 24.3 Å². The van der Waals surface area contributed by atoms with E-state index in [2.05, 4.69) is 23.9 Å². The Morgan fingerprint density at radius 1 is 1.05 bits per heavy atom. The lowest BCUT2D eigenvalue weighted by Gasteiger charge is -2.18. The summed E-state index contributed by atoms with van der Waals surface area (Å²) in [5, 5.41) is 3.34. The van der Waals surface area contributed by atoms with Crippen LogP contribution in [-0.2, 0) is 22.3 Å². The van der Waals surface area contributed by atoms with Gasteiger partial charge in [-0.2, -0.15) is 0 Å². The standard InChI is InChI=1S/C16H28N2O2S/c1-13(2)17-10-14-6-8-15(9-7-14)11-21(19,20)18-12-16(3,4)5/h6-9,13,17-18H,10-12H2,1-5H3. The highest BCUT2D eigenvalue weighted by Gasteiger charge is 2.16. The number of sulfonamides is 1. The molecular formula is C16H28N2O2S. The first-order chi connectivity index (χ1) is 9.57. The van der Waals surface area contributed by atoms with Crippen molar-refractivity contribution in [2.24, 2.45) is 5.41 Å². The van der Waals surface area contributed by atoms with Gasteiger partial charge in [-0.3, -0.25) is 0 Å².